The van der Waals surface area contributed by atoms with E-state index < -0.39 is 0 Å². The summed E-state index contributed by atoms with van der Waals surface area (Å²) >= 11 is 3.56. The maximum atomic E-state index is 12.5. The van der Waals surface area contributed by atoms with Crippen LogP contribution in [0.2, 0.25) is 0 Å². The van der Waals surface area contributed by atoms with Gasteiger partial charge in [-0.1, -0.05) is 58.6 Å². The van der Waals surface area contributed by atoms with Crippen LogP contribution in [0.25, 0.3) is 0 Å². The Bertz CT molecular complexity index is 429. The number of aryl methyl sites for hydroxylation is 2. The molecule has 2 nitrogen and oxygen atoms in total. The molecule has 0 saturated carbocycles. The van der Waals surface area contributed by atoms with Crippen molar-refractivity contribution in [3.8, 4) is 0 Å². The molecule has 1 aromatic rings. The second-order valence-corrected chi connectivity index (χ2v) is 6.38. The Kier molecular flexibility index (Phi) is 6.08. The van der Waals surface area contributed by atoms with Crippen LogP contribution in [0.4, 0.5) is 0 Å². The quantitative estimate of drug-likeness (QED) is 0.757. The average Bonchev–Trinajstić information content (AvgIpc) is 2.71. The Morgan fingerprint density at radius 1 is 1.25 bits per heavy atom. The van der Waals surface area contributed by atoms with Gasteiger partial charge in [-0.15, -0.1) is 0 Å². The van der Waals surface area contributed by atoms with Gasteiger partial charge in [-0.25, -0.2) is 0 Å². The van der Waals surface area contributed by atoms with Crippen LogP contribution in [0, 0.1) is 6.92 Å². The van der Waals surface area contributed by atoms with Gasteiger partial charge >= 0.3 is 0 Å². The molecule has 1 aromatic carbocycles. The molecule has 0 bridgehead atoms. The van der Waals surface area contributed by atoms with Crippen LogP contribution in [-0.4, -0.2) is 28.7 Å². The van der Waals surface area contributed by atoms with E-state index in [0.717, 1.165) is 31.1 Å². The van der Waals surface area contributed by atoms with Gasteiger partial charge in [0.05, 0.1) is 0 Å². The van der Waals surface area contributed by atoms with Crippen molar-refractivity contribution in [1.29, 1.82) is 0 Å². The van der Waals surface area contributed by atoms with Crippen LogP contribution in [-0.2, 0) is 11.2 Å². The number of carbonyl (C=O) groups is 1. The third-order valence-corrected chi connectivity index (χ3v) is 4.87. The Morgan fingerprint density at radius 3 is 2.70 bits per heavy atom. The van der Waals surface area contributed by atoms with Crippen LogP contribution >= 0.6 is 15.9 Å². The van der Waals surface area contributed by atoms with Crippen molar-refractivity contribution in [3.05, 3.63) is 35.4 Å². The highest BCUT2D eigenvalue weighted by Gasteiger charge is 2.23. The largest absolute Gasteiger partial charge is 0.339 e. The molecule has 1 heterocycles. The molecule has 1 unspecified atom stereocenters. The van der Waals surface area contributed by atoms with Crippen LogP contribution in [0.1, 0.15) is 43.2 Å². The van der Waals surface area contributed by atoms with Crippen LogP contribution in [0.5, 0.6) is 0 Å². The van der Waals surface area contributed by atoms with E-state index in [1.807, 2.05) is 0 Å². The van der Waals surface area contributed by atoms with E-state index in [9.17, 15) is 4.79 Å². The molecule has 110 valence electrons. The van der Waals surface area contributed by atoms with Gasteiger partial charge in [0.15, 0.2) is 0 Å². The number of carbonyl (C=O) groups excluding carboxylic acids is 1. The second kappa shape index (κ2) is 7.82. The fourth-order valence-electron chi connectivity index (χ4n) is 2.82. The first-order valence-electron chi connectivity index (χ1n) is 7.61. The van der Waals surface area contributed by atoms with E-state index in [1.165, 1.54) is 24.0 Å². The number of halogens is 1. The van der Waals surface area contributed by atoms with E-state index in [1.54, 1.807) is 0 Å². The zero-order valence-electron chi connectivity index (χ0n) is 12.3. The molecule has 3 heteroatoms. The van der Waals surface area contributed by atoms with E-state index >= 15 is 0 Å². The number of nitrogens with zero attached hydrogens (tertiary/aromatic N) is 1. The second-order valence-electron chi connectivity index (χ2n) is 5.73. The average molecular weight is 338 g/mol. The highest BCUT2D eigenvalue weighted by Crippen LogP contribution is 2.20. The fraction of sp³-hybridized carbons (Fsp3) is 0.588. The Labute approximate surface area is 130 Å². The molecular weight excluding hydrogens is 314 g/mol. The Morgan fingerprint density at radius 2 is 2.00 bits per heavy atom. The lowest BCUT2D eigenvalue weighted by Gasteiger charge is -2.28. The van der Waals surface area contributed by atoms with Gasteiger partial charge in [-0.05, 0) is 31.7 Å². The molecular formula is C17H24BrNO. The van der Waals surface area contributed by atoms with E-state index in [0.29, 0.717) is 18.4 Å². The normalized spacial score (nSPS) is 19.7. The number of hydrogen-bond acceptors (Lipinski definition) is 1. The number of likely N-dealkylation sites (tertiary alicyclic amines) is 1. The lowest BCUT2D eigenvalue weighted by Crippen LogP contribution is -2.41. The third-order valence-electron chi connectivity index (χ3n) is 4.12. The van der Waals surface area contributed by atoms with Crippen molar-refractivity contribution >= 4 is 21.8 Å². The van der Waals surface area contributed by atoms with E-state index in [4.69, 9.17) is 0 Å². The van der Waals surface area contributed by atoms with Gasteiger partial charge in [-0.2, -0.15) is 0 Å². The highest BCUT2D eigenvalue weighted by atomic mass is 79.9. The summed E-state index contributed by atoms with van der Waals surface area (Å²) in [7, 11) is 0. The Hall–Kier alpha value is -0.830. The summed E-state index contributed by atoms with van der Waals surface area (Å²) in [5.41, 5.74) is 2.53. The highest BCUT2D eigenvalue weighted by molar-refractivity contribution is 9.09. The van der Waals surface area contributed by atoms with Crippen LogP contribution < -0.4 is 0 Å². The molecule has 1 saturated heterocycles. The van der Waals surface area contributed by atoms with Crippen molar-refractivity contribution in [2.75, 3.05) is 11.9 Å². The molecule has 0 N–H and O–H groups in total. The lowest BCUT2D eigenvalue weighted by molar-refractivity contribution is -0.132. The molecule has 20 heavy (non-hydrogen) atoms. The smallest absolute Gasteiger partial charge is 0.223 e. The summed E-state index contributed by atoms with van der Waals surface area (Å²) in [6, 6.07) is 8.89. The van der Waals surface area contributed by atoms with Crippen LogP contribution in [0.15, 0.2) is 24.3 Å². The maximum absolute atomic E-state index is 12.5. The first-order chi connectivity index (χ1) is 9.70. The minimum Gasteiger partial charge on any atom is -0.339 e. The summed E-state index contributed by atoms with van der Waals surface area (Å²) in [5, 5.41) is 0.906. The van der Waals surface area contributed by atoms with Gasteiger partial charge in [0, 0.05) is 24.3 Å². The number of alkyl halides is 1. The van der Waals surface area contributed by atoms with Crippen molar-refractivity contribution in [3.63, 3.8) is 0 Å². The molecule has 1 amide bonds. The number of benzene rings is 1. The molecule has 1 atom stereocenters. The molecule has 0 radical (unpaired) electrons. The SMILES string of the molecule is Cc1ccc(CCC(=O)N2CCCCCC2CBr)cc1. The predicted molar refractivity (Wildman–Crippen MR) is 87.3 cm³/mol. The summed E-state index contributed by atoms with van der Waals surface area (Å²) in [6.45, 7) is 3.02. The number of amides is 1. The van der Waals surface area contributed by atoms with E-state index in [-0.39, 0.29) is 0 Å². The fourth-order valence-corrected chi connectivity index (χ4v) is 3.49. The molecule has 1 aliphatic rings. The van der Waals surface area contributed by atoms with Gasteiger partial charge in [-0.3, -0.25) is 4.79 Å². The van der Waals surface area contributed by atoms with Crippen molar-refractivity contribution in [1.82, 2.24) is 4.90 Å². The lowest BCUT2D eigenvalue weighted by atomic mass is 10.1. The first-order valence-corrected chi connectivity index (χ1v) is 8.74. The van der Waals surface area contributed by atoms with Crippen LogP contribution in [0.3, 0.4) is 0 Å². The molecule has 2 rings (SSSR count). The topological polar surface area (TPSA) is 20.3 Å². The summed E-state index contributed by atoms with van der Waals surface area (Å²) in [6.07, 6.45) is 6.28. The maximum Gasteiger partial charge on any atom is 0.223 e. The van der Waals surface area contributed by atoms with Gasteiger partial charge < -0.3 is 4.90 Å². The Balaban J connectivity index is 1.90. The summed E-state index contributed by atoms with van der Waals surface area (Å²) < 4.78 is 0. The molecule has 0 aromatic heterocycles. The zero-order valence-corrected chi connectivity index (χ0v) is 13.9. The molecule has 0 spiro atoms. The number of hydrogen-bond donors (Lipinski definition) is 0. The zero-order chi connectivity index (χ0) is 14.4. The minimum atomic E-state index is 0.317. The summed E-state index contributed by atoms with van der Waals surface area (Å²) in [4.78, 5) is 14.6. The predicted octanol–water partition coefficient (Wildman–Crippen LogP) is 4.09. The van der Waals surface area contributed by atoms with Gasteiger partial charge in [0.1, 0.15) is 0 Å². The summed E-state index contributed by atoms with van der Waals surface area (Å²) in [5.74, 6) is 0.317. The molecule has 0 aliphatic carbocycles. The first kappa shape index (κ1) is 15.6. The monoisotopic (exact) mass is 337 g/mol. The van der Waals surface area contributed by atoms with E-state index in [2.05, 4.69) is 52.0 Å². The standard InChI is InChI=1S/C17H24BrNO/c1-14-6-8-15(9-7-14)10-11-17(20)19-12-4-2-3-5-16(19)13-18/h6-9,16H,2-5,10-13H2,1H3. The third kappa shape index (κ3) is 4.34. The molecule has 1 aliphatic heterocycles. The van der Waals surface area contributed by atoms with Gasteiger partial charge in [0.2, 0.25) is 5.91 Å². The minimum absolute atomic E-state index is 0.317. The van der Waals surface area contributed by atoms with Gasteiger partial charge in [0.25, 0.3) is 0 Å². The van der Waals surface area contributed by atoms with Crippen molar-refractivity contribution in [2.45, 2.75) is 51.5 Å². The van der Waals surface area contributed by atoms with Crippen molar-refractivity contribution < 1.29 is 4.79 Å². The molecule has 1 fully saturated rings. The number of rotatable bonds is 4. The van der Waals surface area contributed by atoms with Crippen molar-refractivity contribution in [2.24, 2.45) is 0 Å².